The standard InChI is InChI=1S/C19H22N4O3/c20-16-7-6-15-18(21-16)23(9-8-22-10-12-25-13-11-22)19(24)17(26-15)14-4-2-1-3-5-14/h1-7,17H,8-13H2,(H2,20,21). The minimum absolute atomic E-state index is 0.116. The lowest BCUT2D eigenvalue weighted by Gasteiger charge is -2.35. The molecule has 1 fully saturated rings. The van der Waals surface area contributed by atoms with Crippen molar-refractivity contribution in [3.63, 3.8) is 0 Å². The molecule has 2 N–H and O–H groups in total. The molecule has 1 aromatic carbocycles. The summed E-state index contributed by atoms with van der Waals surface area (Å²) in [6.07, 6.45) is -0.668. The molecule has 0 bridgehead atoms. The highest BCUT2D eigenvalue weighted by Gasteiger charge is 2.36. The Morgan fingerprint density at radius 1 is 1.08 bits per heavy atom. The fraction of sp³-hybridized carbons (Fsp3) is 0.368. The van der Waals surface area contributed by atoms with Crippen molar-refractivity contribution in [2.24, 2.45) is 0 Å². The lowest BCUT2D eigenvalue weighted by Crippen LogP contribution is -2.47. The second-order valence-electron chi connectivity index (χ2n) is 6.41. The predicted molar refractivity (Wildman–Crippen MR) is 98.1 cm³/mol. The lowest BCUT2D eigenvalue weighted by atomic mass is 10.1. The van der Waals surface area contributed by atoms with Gasteiger partial charge in [-0.05, 0) is 12.1 Å². The summed E-state index contributed by atoms with van der Waals surface area (Å²) in [5, 5.41) is 0. The van der Waals surface area contributed by atoms with Gasteiger partial charge < -0.3 is 15.2 Å². The number of nitrogen functional groups attached to an aromatic ring is 1. The number of carbonyl (C=O) groups is 1. The second-order valence-corrected chi connectivity index (χ2v) is 6.41. The topological polar surface area (TPSA) is 80.9 Å². The van der Waals surface area contributed by atoms with Crippen LogP contribution in [0.25, 0.3) is 0 Å². The van der Waals surface area contributed by atoms with Gasteiger partial charge in [-0.2, -0.15) is 0 Å². The summed E-state index contributed by atoms with van der Waals surface area (Å²) in [5.74, 6) is 1.33. The molecule has 0 aliphatic carbocycles. The summed E-state index contributed by atoms with van der Waals surface area (Å²) < 4.78 is 11.4. The molecule has 0 saturated carbocycles. The quantitative estimate of drug-likeness (QED) is 0.895. The van der Waals surface area contributed by atoms with E-state index in [2.05, 4.69) is 9.88 Å². The van der Waals surface area contributed by atoms with Gasteiger partial charge in [-0.3, -0.25) is 14.6 Å². The molecule has 4 rings (SSSR count). The number of benzene rings is 1. The van der Waals surface area contributed by atoms with Crippen LogP contribution >= 0.6 is 0 Å². The summed E-state index contributed by atoms with van der Waals surface area (Å²) in [5.41, 5.74) is 6.67. The molecule has 1 atom stereocenters. The molecule has 1 amide bonds. The minimum atomic E-state index is -0.668. The van der Waals surface area contributed by atoms with Crippen LogP contribution in [0.5, 0.6) is 5.75 Å². The molecule has 1 unspecified atom stereocenters. The van der Waals surface area contributed by atoms with Gasteiger partial charge in [0.1, 0.15) is 5.82 Å². The van der Waals surface area contributed by atoms with Gasteiger partial charge in [0.05, 0.1) is 13.2 Å². The van der Waals surface area contributed by atoms with Gasteiger partial charge in [0.2, 0.25) is 6.10 Å². The second kappa shape index (κ2) is 7.31. The molecule has 26 heavy (non-hydrogen) atoms. The number of nitrogens with zero attached hydrogens (tertiary/aromatic N) is 3. The van der Waals surface area contributed by atoms with Gasteiger partial charge in [0.25, 0.3) is 5.91 Å². The number of pyridine rings is 1. The number of rotatable bonds is 4. The molecule has 7 heteroatoms. The fourth-order valence-corrected chi connectivity index (χ4v) is 3.28. The first-order chi connectivity index (χ1) is 12.7. The van der Waals surface area contributed by atoms with E-state index in [9.17, 15) is 4.79 Å². The number of fused-ring (bicyclic) bond motifs is 1. The SMILES string of the molecule is Nc1ccc2c(n1)N(CCN1CCOCC1)C(=O)C(c1ccccc1)O2. The van der Waals surface area contributed by atoms with Crippen molar-refractivity contribution in [3.05, 3.63) is 48.0 Å². The number of hydrogen-bond donors (Lipinski definition) is 1. The van der Waals surface area contributed by atoms with Gasteiger partial charge in [0.15, 0.2) is 11.6 Å². The molecule has 136 valence electrons. The third kappa shape index (κ3) is 3.36. The van der Waals surface area contributed by atoms with Crippen LogP contribution in [-0.4, -0.2) is 55.2 Å². The smallest absolute Gasteiger partial charge is 0.274 e. The molecular weight excluding hydrogens is 332 g/mol. The Kier molecular flexibility index (Phi) is 4.73. The number of anilines is 2. The predicted octanol–water partition coefficient (Wildman–Crippen LogP) is 1.46. The number of amides is 1. The molecule has 3 heterocycles. The zero-order valence-electron chi connectivity index (χ0n) is 14.5. The van der Waals surface area contributed by atoms with E-state index in [4.69, 9.17) is 15.2 Å². The zero-order chi connectivity index (χ0) is 17.9. The van der Waals surface area contributed by atoms with Crippen LogP contribution < -0.4 is 15.4 Å². The Hall–Kier alpha value is -2.64. The van der Waals surface area contributed by atoms with E-state index in [0.29, 0.717) is 23.9 Å². The van der Waals surface area contributed by atoms with Crippen LogP contribution in [0.15, 0.2) is 42.5 Å². The largest absolute Gasteiger partial charge is 0.472 e. The van der Waals surface area contributed by atoms with Crippen molar-refractivity contribution in [2.45, 2.75) is 6.10 Å². The monoisotopic (exact) mass is 354 g/mol. The maximum atomic E-state index is 13.1. The first-order valence-electron chi connectivity index (χ1n) is 8.82. The zero-order valence-corrected chi connectivity index (χ0v) is 14.5. The molecule has 2 aromatic rings. The lowest BCUT2D eigenvalue weighted by molar-refractivity contribution is -0.126. The van der Waals surface area contributed by atoms with E-state index in [1.165, 1.54) is 0 Å². The number of carbonyl (C=O) groups excluding carboxylic acids is 1. The number of aromatic nitrogens is 1. The summed E-state index contributed by atoms with van der Waals surface area (Å²) in [7, 11) is 0. The molecule has 7 nitrogen and oxygen atoms in total. The third-order valence-electron chi connectivity index (χ3n) is 4.70. The van der Waals surface area contributed by atoms with Gasteiger partial charge in [-0.1, -0.05) is 30.3 Å². The maximum Gasteiger partial charge on any atom is 0.274 e. The number of ether oxygens (including phenoxy) is 2. The van der Waals surface area contributed by atoms with Gasteiger partial charge in [-0.15, -0.1) is 0 Å². The van der Waals surface area contributed by atoms with E-state index < -0.39 is 6.10 Å². The average molecular weight is 354 g/mol. The van der Waals surface area contributed by atoms with Gasteiger partial charge in [0, 0.05) is 31.7 Å². The molecular formula is C19H22N4O3. The van der Waals surface area contributed by atoms with Gasteiger partial charge >= 0.3 is 0 Å². The van der Waals surface area contributed by atoms with Crippen LogP contribution in [0.4, 0.5) is 11.6 Å². The van der Waals surface area contributed by atoms with E-state index >= 15 is 0 Å². The number of nitrogens with two attached hydrogens (primary N) is 1. The first kappa shape index (κ1) is 16.8. The number of hydrogen-bond acceptors (Lipinski definition) is 6. The van der Waals surface area contributed by atoms with Crippen LogP contribution in [0.3, 0.4) is 0 Å². The molecule has 1 saturated heterocycles. The van der Waals surface area contributed by atoms with Crippen molar-refractivity contribution in [1.82, 2.24) is 9.88 Å². The van der Waals surface area contributed by atoms with Crippen molar-refractivity contribution in [3.8, 4) is 5.75 Å². The van der Waals surface area contributed by atoms with E-state index in [-0.39, 0.29) is 5.91 Å². The highest BCUT2D eigenvalue weighted by atomic mass is 16.5. The molecule has 0 spiro atoms. The summed E-state index contributed by atoms with van der Waals surface area (Å²) in [6.45, 7) is 4.49. The van der Waals surface area contributed by atoms with Crippen LogP contribution in [0, 0.1) is 0 Å². The summed E-state index contributed by atoms with van der Waals surface area (Å²) in [6, 6.07) is 13.0. The Bertz CT molecular complexity index is 778. The summed E-state index contributed by atoms with van der Waals surface area (Å²) in [4.78, 5) is 21.5. The van der Waals surface area contributed by atoms with Crippen molar-refractivity contribution in [2.75, 3.05) is 50.0 Å². The van der Waals surface area contributed by atoms with Crippen molar-refractivity contribution >= 4 is 17.5 Å². The molecule has 0 radical (unpaired) electrons. The van der Waals surface area contributed by atoms with Crippen LogP contribution in [0.2, 0.25) is 0 Å². The Labute approximate surface area is 152 Å². The van der Waals surface area contributed by atoms with Crippen molar-refractivity contribution < 1.29 is 14.3 Å². The number of morpholine rings is 1. The third-order valence-corrected chi connectivity index (χ3v) is 4.70. The highest BCUT2D eigenvalue weighted by Crippen LogP contribution is 2.37. The van der Waals surface area contributed by atoms with Crippen molar-refractivity contribution in [1.29, 1.82) is 0 Å². The van der Waals surface area contributed by atoms with E-state index in [1.54, 1.807) is 17.0 Å². The minimum Gasteiger partial charge on any atom is -0.472 e. The highest BCUT2D eigenvalue weighted by molar-refractivity contribution is 5.99. The van der Waals surface area contributed by atoms with Gasteiger partial charge in [-0.25, -0.2) is 4.98 Å². The molecule has 2 aliphatic rings. The Balaban J connectivity index is 1.61. The normalized spacial score (nSPS) is 20.5. The fourth-order valence-electron chi connectivity index (χ4n) is 3.28. The van der Waals surface area contributed by atoms with E-state index in [1.807, 2.05) is 30.3 Å². The molecule has 2 aliphatic heterocycles. The summed E-state index contributed by atoms with van der Waals surface area (Å²) >= 11 is 0. The Morgan fingerprint density at radius 2 is 1.85 bits per heavy atom. The van der Waals surface area contributed by atoms with E-state index in [0.717, 1.165) is 38.4 Å². The van der Waals surface area contributed by atoms with Crippen LogP contribution in [-0.2, 0) is 9.53 Å². The molecule has 1 aromatic heterocycles. The average Bonchev–Trinajstić information content (AvgIpc) is 2.68. The first-order valence-corrected chi connectivity index (χ1v) is 8.82. The van der Waals surface area contributed by atoms with Crippen LogP contribution in [0.1, 0.15) is 11.7 Å². The Morgan fingerprint density at radius 3 is 2.62 bits per heavy atom. The maximum absolute atomic E-state index is 13.1.